The second-order valence-electron chi connectivity index (χ2n) is 3.71. The molecule has 0 fully saturated rings. The molecule has 0 aliphatic rings. The van der Waals surface area contributed by atoms with Gasteiger partial charge in [-0.3, -0.25) is 4.79 Å². The van der Waals surface area contributed by atoms with Crippen LogP contribution in [0.5, 0.6) is 5.75 Å². The first-order chi connectivity index (χ1) is 9.31. The Morgan fingerprint density at radius 2 is 1.90 bits per heavy atom. The van der Waals surface area contributed by atoms with Crippen LogP contribution in [0.15, 0.2) is 29.2 Å². The average molecular weight is 309 g/mol. The molecule has 0 amide bonds. The normalized spacial score (nSPS) is 11.6. The van der Waals surface area contributed by atoms with Crippen molar-refractivity contribution in [1.82, 2.24) is 4.72 Å². The summed E-state index contributed by atoms with van der Waals surface area (Å²) in [5, 5.41) is 8.42. The van der Waals surface area contributed by atoms with Crippen LogP contribution in [-0.4, -0.2) is 39.1 Å². The zero-order valence-corrected chi connectivity index (χ0v) is 11.1. The number of sulfonamides is 1. The summed E-state index contributed by atoms with van der Waals surface area (Å²) in [7, 11) is -3.99. The molecular formula is C11H13F2NO5S. The Balaban J connectivity index is 2.63. The van der Waals surface area contributed by atoms with Crippen molar-refractivity contribution >= 4 is 16.0 Å². The number of ether oxygens (including phenoxy) is 1. The molecule has 0 saturated carbocycles. The topological polar surface area (TPSA) is 92.7 Å². The fourth-order valence-corrected chi connectivity index (χ4v) is 2.23. The van der Waals surface area contributed by atoms with Crippen LogP contribution in [0.4, 0.5) is 8.78 Å². The molecule has 6 nitrogen and oxygen atoms in total. The zero-order valence-electron chi connectivity index (χ0n) is 10.3. The largest absolute Gasteiger partial charge is 0.493 e. The minimum atomic E-state index is -3.99. The first-order valence-corrected chi connectivity index (χ1v) is 7.02. The second-order valence-corrected chi connectivity index (χ2v) is 5.47. The third-order valence-electron chi connectivity index (χ3n) is 2.15. The van der Waals surface area contributed by atoms with Crippen LogP contribution < -0.4 is 9.46 Å². The van der Waals surface area contributed by atoms with Gasteiger partial charge in [0.2, 0.25) is 10.0 Å². The highest BCUT2D eigenvalue weighted by Gasteiger charge is 2.16. The summed E-state index contributed by atoms with van der Waals surface area (Å²) < 4.78 is 53.9. The van der Waals surface area contributed by atoms with Gasteiger partial charge in [-0.15, -0.1) is 0 Å². The molecule has 0 aromatic heterocycles. The third-order valence-corrected chi connectivity index (χ3v) is 3.59. The van der Waals surface area contributed by atoms with Gasteiger partial charge in [0, 0.05) is 0 Å². The number of nitrogens with one attached hydrogen (secondary N) is 1. The predicted octanol–water partition coefficient (Wildman–Crippen LogP) is 1.08. The molecule has 2 N–H and O–H groups in total. The molecule has 1 rings (SSSR count). The molecule has 0 unspecified atom stereocenters. The Bertz CT molecular complexity index is 544. The zero-order chi connectivity index (χ0) is 15.2. The number of alkyl halides is 2. The number of benzene rings is 1. The molecule has 0 radical (unpaired) electrons. The van der Waals surface area contributed by atoms with Crippen molar-refractivity contribution in [2.75, 3.05) is 13.2 Å². The molecule has 0 aliphatic heterocycles. The smallest absolute Gasteiger partial charge is 0.306 e. The number of halogens is 2. The fourth-order valence-electron chi connectivity index (χ4n) is 1.23. The summed E-state index contributed by atoms with van der Waals surface area (Å²) in [5.74, 6) is -0.723. The monoisotopic (exact) mass is 309 g/mol. The highest BCUT2D eigenvalue weighted by atomic mass is 32.2. The van der Waals surface area contributed by atoms with Crippen LogP contribution in [0.25, 0.3) is 0 Å². The van der Waals surface area contributed by atoms with Gasteiger partial charge in [-0.05, 0) is 24.3 Å². The summed E-state index contributed by atoms with van der Waals surface area (Å²) in [6.07, 6.45) is -2.96. The first kappa shape index (κ1) is 16.3. The van der Waals surface area contributed by atoms with Crippen LogP contribution in [0.1, 0.15) is 6.42 Å². The number of rotatable bonds is 8. The van der Waals surface area contributed by atoms with Gasteiger partial charge in [-0.2, -0.15) is 0 Å². The minimum absolute atomic E-state index is 0.0505. The Labute approximate surface area is 114 Å². The molecular weight excluding hydrogens is 296 g/mol. The van der Waals surface area contributed by atoms with Crippen molar-refractivity contribution in [2.24, 2.45) is 0 Å². The van der Waals surface area contributed by atoms with E-state index in [4.69, 9.17) is 9.84 Å². The van der Waals surface area contributed by atoms with Gasteiger partial charge < -0.3 is 9.84 Å². The van der Waals surface area contributed by atoms with Gasteiger partial charge >= 0.3 is 5.97 Å². The lowest BCUT2D eigenvalue weighted by molar-refractivity contribution is -0.137. The van der Waals surface area contributed by atoms with E-state index in [-0.39, 0.29) is 17.9 Å². The highest BCUT2D eigenvalue weighted by molar-refractivity contribution is 7.89. The number of aliphatic carboxylic acids is 1. The standard InChI is InChI=1S/C11H13F2NO5S/c12-10(13)7-14-20(17,18)9-3-1-8(2-4-9)19-6-5-11(15)16/h1-4,10,14H,5-7H2,(H,15,16). The molecule has 9 heteroatoms. The van der Waals surface area contributed by atoms with Crippen LogP contribution in [0.3, 0.4) is 0 Å². The van der Waals surface area contributed by atoms with Crippen LogP contribution in [-0.2, 0) is 14.8 Å². The molecule has 0 heterocycles. The van der Waals surface area contributed by atoms with E-state index in [9.17, 15) is 22.0 Å². The van der Waals surface area contributed by atoms with Crippen molar-refractivity contribution in [2.45, 2.75) is 17.7 Å². The molecule has 0 aliphatic carbocycles. The first-order valence-electron chi connectivity index (χ1n) is 5.54. The molecule has 0 saturated heterocycles. The van der Waals surface area contributed by atoms with E-state index in [2.05, 4.69) is 0 Å². The maximum atomic E-state index is 12.0. The summed E-state index contributed by atoms with van der Waals surface area (Å²) in [6, 6.07) is 5.01. The van der Waals surface area contributed by atoms with Gasteiger partial charge in [0.1, 0.15) is 5.75 Å². The fraction of sp³-hybridized carbons (Fsp3) is 0.364. The Morgan fingerprint density at radius 3 is 2.40 bits per heavy atom. The van der Waals surface area contributed by atoms with Crippen molar-refractivity contribution in [3.63, 3.8) is 0 Å². The second kappa shape index (κ2) is 7.15. The molecule has 0 bridgehead atoms. The lowest BCUT2D eigenvalue weighted by Gasteiger charge is -2.08. The van der Waals surface area contributed by atoms with Crippen molar-refractivity contribution in [1.29, 1.82) is 0 Å². The number of carboxylic acids is 1. The molecule has 0 atom stereocenters. The molecule has 1 aromatic rings. The van der Waals surface area contributed by atoms with Gasteiger partial charge in [-0.1, -0.05) is 0 Å². The van der Waals surface area contributed by atoms with Crippen molar-refractivity contribution in [3.8, 4) is 5.75 Å². The maximum Gasteiger partial charge on any atom is 0.306 e. The molecule has 1 aromatic carbocycles. The molecule has 20 heavy (non-hydrogen) atoms. The third kappa shape index (κ3) is 5.49. The summed E-state index contributed by atoms with van der Waals surface area (Å²) >= 11 is 0. The number of carboxylic acid groups (broad SMARTS) is 1. The quantitative estimate of drug-likeness (QED) is 0.749. The highest BCUT2D eigenvalue weighted by Crippen LogP contribution is 2.16. The lowest BCUT2D eigenvalue weighted by atomic mass is 10.3. The van der Waals surface area contributed by atoms with E-state index in [0.29, 0.717) is 5.75 Å². The number of carbonyl (C=O) groups is 1. The number of hydrogen-bond acceptors (Lipinski definition) is 4. The van der Waals surface area contributed by atoms with Crippen LogP contribution >= 0.6 is 0 Å². The van der Waals surface area contributed by atoms with Gasteiger partial charge in [0.15, 0.2) is 0 Å². The van der Waals surface area contributed by atoms with Gasteiger partial charge in [-0.25, -0.2) is 21.9 Å². The maximum absolute atomic E-state index is 12.0. The van der Waals surface area contributed by atoms with Crippen LogP contribution in [0.2, 0.25) is 0 Å². The minimum Gasteiger partial charge on any atom is -0.493 e. The van der Waals surface area contributed by atoms with E-state index >= 15 is 0 Å². The van der Waals surface area contributed by atoms with E-state index in [1.165, 1.54) is 24.3 Å². The van der Waals surface area contributed by atoms with Gasteiger partial charge in [0.25, 0.3) is 6.43 Å². The summed E-state index contributed by atoms with van der Waals surface area (Å²) in [5.41, 5.74) is 0. The molecule has 0 spiro atoms. The Kier molecular flexibility index (Phi) is 5.83. The Hall–Kier alpha value is -1.74. The average Bonchev–Trinajstić information content (AvgIpc) is 2.37. The molecule has 112 valence electrons. The van der Waals surface area contributed by atoms with Gasteiger partial charge in [0.05, 0.1) is 24.5 Å². The predicted molar refractivity (Wildman–Crippen MR) is 65.4 cm³/mol. The number of hydrogen-bond donors (Lipinski definition) is 2. The van der Waals surface area contributed by atoms with Crippen molar-refractivity contribution < 1.29 is 31.8 Å². The summed E-state index contributed by atoms with van der Waals surface area (Å²) in [4.78, 5) is 10.1. The van der Waals surface area contributed by atoms with E-state index in [1.807, 2.05) is 0 Å². The summed E-state index contributed by atoms with van der Waals surface area (Å²) in [6.45, 7) is -1.01. The van der Waals surface area contributed by atoms with Crippen molar-refractivity contribution in [3.05, 3.63) is 24.3 Å². The van der Waals surface area contributed by atoms with Crippen LogP contribution in [0, 0.1) is 0 Å². The van der Waals surface area contributed by atoms with E-state index < -0.39 is 29.0 Å². The Morgan fingerprint density at radius 1 is 1.30 bits per heavy atom. The van der Waals surface area contributed by atoms with E-state index in [1.54, 1.807) is 4.72 Å². The SMILES string of the molecule is O=C(O)CCOc1ccc(S(=O)(=O)NCC(F)F)cc1. The lowest BCUT2D eigenvalue weighted by Crippen LogP contribution is -2.28. The van der Waals surface area contributed by atoms with E-state index in [0.717, 1.165) is 0 Å².